The number of hydrogen-bond acceptors (Lipinski definition) is 9. The van der Waals surface area contributed by atoms with Crippen molar-refractivity contribution in [2.45, 2.75) is 110 Å². The lowest BCUT2D eigenvalue weighted by Crippen LogP contribution is -2.54. The minimum atomic E-state index is -1.07. The average Bonchev–Trinajstić information content (AvgIpc) is 3.05. The highest BCUT2D eigenvalue weighted by Gasteiger charge is 2.33. The quantitative estimate of drug-likeness (QED) is 0.0704. The summed E-state index contributed by atoms with van der Waals surface area (Å²) in [6.07, 6.45) is -1.98. The number of nitrogens with zero attached hydrogens (tertiary/aromatic N) is 2. The second kappa shape index (κ2) is 19.1. The molecule has 14 nitrogen and oxygen atoms in total. The molecule has 0 fully saturated rings. The monoisotopic (exact) mass is 760 g/mol. The Balaban J connectivity index is 1.90. The molecule has 0 heterocycles. The lowest BCUT2D eigenvalue weighted by molar-refractivity contribution is -0.139. The van der Waals surface area contributed by atoms with Crippen LogP contribution in [0.3, 0.4) is 0 Å². The summed E-state index contributed by atoms with van der Waals surface area (Å²) >= 11 is 0. The number of carbonyl (C=O) groups is 5. The lowest BCUT2D eigenvalue weighted by Gasteiger charge is -2.31. The Labute approximate surface area is 323 Å². The Morgan fingerprint density at radius 3 is 1.78 bits per heavy atom. The molecule has 0 unspecified atom stereocenters. The summed E-state index contributed by atoms with van der Waals surface area (Å²) in [6.45, 7) is 15.3. The van der Waals surface area contributed by atoms with Crippen molar-refractivity contribution in [1.82, 2.24) is 20.9 Å². The highest BCUT2D eigenvalue weighted by atomic mass is 16.6. The molecule has 0 saturated carbocycles. The number of carbonyl (C=O) groups excluding carboxylic acids is 5. The molecular weight excluding hydrogens is 704 g/mol. The van der Waals surface area contributed by atoms with Crippen LogP contribution in [0.2, 0.25) is 0 Å². The van der Waals surface area contributed by atoms with E-state index in [0.29, 0.717) is 5.69 Å². The van der Waals surface area contributed by atoms with Crippen LogP contribution in [0.25, 0.3) is 10.8 Å². The molecule has 0 spiro atoms. The van der Waals surface area contributed by atoms with Gasteiger partial charge in [-0.1, -0.05) is 60.7 Å². The standard InChI is InChI=1S/C41H56N6O8/c1-39(2,3)53-36(50)44-31(25-27-17-12-11-13-18-27)34(49)47(10)32(33(48)43-30-23-22-28-19-14-15-20-29(28)26-30)21-16-24-42-35(45-37(51)54-40(4,5)6)46-38(52)55-41(7,8)9/h11-15,17-20,22-23,26,31-32H,16,21,24-25H2,1-10H3,(H,43,48)(H,44,50)(H2,42,45,46,51,52)/t31-,32-/m0/s1. The maximum Gasteiger partial charge on any atom is 0.414 e. The number of rotatable bonds is 11. The summed E-state index contributed by atoms with van der Waals surface area (Å²) in [5.74, 6) is -1.20. The maximum absolute atomic E-state index is 14.3. The first kappa shape index (κ1) is 43.7. The van der Waals surface area contributed by atoms with E-state index in [1.165, 1.54) is 11.9 Å². The van der Waals surface area contributed by atoms with E-state index in [-0.39, 0.29) is 31.8 Å². The van der Waals surface area contributed by atoms with E-state index in [0.717, 1.165) is 16.3 Å². The zero-order valence-corrected chi connectivity index (χ0v) is 33.6. The Morgan fingerprint density at radius 1 is 0.691 bits per heavy atom. The summed E-state index contributed by atoms with van der Waals surface area (Å²) in [5, 5.41) is 12.5. The van der Waals surface area contributed by atoms with Gasteiger partial charge in [0.15, 0.2) is 0 Å². The highest BCUT2D eigenvalue weighted by molar-refractivity contribution is 6.02. The van der Waals surface area contributed by atoms with E-state index >= 15 is 0 Å². The highest BCUT2D eigenvalue weighted by Crippen LogP contribution is 2.21. The number of aliphatic imine (C=N–C) groups is 1. The number of likely N-dealkylation sites (N-methyl/N-ethyl adjacent to an activating group) is 1. The number of fused-ring (bicyclic) bond motifs is 1. The van der Waals surface area contributed by atoms with Gasteiger partial charge in [-0.3, -0.25) is 25.2 Å². The molecule has 298 valence electrons. The molecule has 3 aromatic carbocycles. The molecule has 2 atom stereocenters. The molecule has 5 amide bonds. The SMILES string of the molecule is CN(C(=O)[C@H](Cc1ccccc1)NC(=O)OC(C)(C)C)[C@@H](CCCN=C(NC(=O)OC(C)(C)C)NC(=O)OC(C)(C)C)C(=O)Nc1ccc2ccccc2c1. The maximum atomic E-state index is 14.3. The molecule has 0 aliphatic rings. The van der Waals surface area contributed by atoms with E-state index < -0.39 is 59.0 Å². The van der Waals surface area contributed by atoms with Gasteiger partial charge in [0.1, 0.15) is 28.9 Å². The van der Waals surface area contributed by atoms with E-state index in [2.05, 4.69) is 26.3 Å². The van der Waals surface area contributed by atoms with Crippen molar-refractivity contribution in [3.63, 3.8) is 0 Å². The first-order chi connectivity index (χ1) is 25.6. The fourth-order valence-electron chi connectivity index (χ4n) is 5.28. The third-order valence-electron chi connectivity index (χ3n) is 7.55. The summed E-state index contributed by atoms with van der Waals surface area (Å²) in [4.78, 5) is 72.1. The van der Waals surface area contributed by atoms with Crippen LogP contribution >= 0.6 is 0 Å². The van der Waals surface area contributed by atoms with Crippen molar-refractivity contribution in [2.24, 2.45) is 4.99 Å². The minimum Gasteiger partial charge on any atom is -0.444 e. The number of benzene rings is 3. The van der Waals surface area contributed by atoms with Gasteiger partial charge in [0.05, 0.1) is 0 Å². The molecule has 55 heavy (non-hydrogen) atoms. The third kappa shape index (κ3) is 16.1. The van der Waals surface area contributed by atoms with Gasteiger partial charge in [0.2, 0.25) is 17.8 Å². The van der Waals surface area contributed by atoms with Crippen LogP contribution in [0.5, 0.6) is 0 Å². The summed E-state index contributed by atoms with van der Waals surface area (Å²) in [7, 11) is 1.50. The Hall–Kier alpha value is -5.66. The average molecular weight is 761 g/mol. The van der Waals surface area contributed by atoms with Crippen LogP contribution in [-0.4, -0.2) is 83.4 Å². The second-order valence-electron chi connectivity index (χ2n) is 16.0. The number of alkyl carbamates (subject to hydrolysis) is 3. The number of amides is 5. The van der Waals surface area contributed by atoms with Gasteiger partial charge in [-0.05, 0) is 104 Å². The topological polar surface area (TPSA) is 177 Å². The third-order valence-corrected chi connectivity index (χ3v) is 7.55. The molecule has 0 aliphatic heterocycles. The second-order valence-corrected chi connectivity index (χ2v) is 16.0. The minimum absolute atomic E-state index is 0.0202. The number of ether oxygens (including phenoxy) is 3. The van der Waals surface area contributed by atoms with E-state index in [9.17, 15) is 24.0 Å². The molecule has 0 radical (unpaired) electrons. The van der Waals surface area contributed by atoms with Gasteiger partial charge < -0.3 is 29.7 Å². The predicted octanol–water partition coefficient (Wildman–Crippen LogP) is 6.93. The van der Waals surface area contributed by atoms with E-state index in [4.69, 9.17) is 14.2 Å². The van der Waals surface area contributed by atoms with Crippen LogP contribution in [0.15, 0.2) is 77.8 Å². The largest absolute Gasteiger partial charge is 0.444 e. The number of guanidine groups is 1. The van der Waals surface area contributed by atoms with Crippen LogP contribution in [0.1, 0.15) is 80.7 Å². The van der Waals surface area contributed by atoms with Crippen LogP contribution < -0.4 is 21.3 Å². The van der Waals surface area contributed by atoms with E-state index in [1.54, 1.807) is 68.4 Å². The molecule has 3 rings (SSSR count). The molecular formula is C41H56N6O8. The zero-order chi connectivity index (χ0) is 41.0. The van der Waals surface area contributed by atoms with Crippen molar-refractivity contribution in [1.29, 1.82) is 0 Å². The molecule has 4 N–H and O–H groups in total. The summed E-state index contributed by atoms with van der Waals surface area (Å²) in [5.41, 5.74) is -1.12. The fourth-order valence-corrected chi connectivity index (χ4v) is 5.28. The number of anilines is 1. The van der Waals surface area contributed by atoms with Gasteiger partial charge in [-0.25, -0.2) is 14.4 Å². The van der Waals surface area contributed by atoms with Crippen molar-refractivity contribution in [3.8, 4) is 0 Å². The summed E-state index contributed by atoms with van der Waals surface area (Å²) < 4.78 is 16.1. The Kier molecular flexibility index (Phi) is 15.2. The van der Waals surface area contributed by atoms with Crippen LogP contribution in [0.4, 0.5) is 20.1 Å². The number of hydrogen-bond donors (Lipinski definition) is 4. The first-order valence-electron chi connectivity index (χ1n) is 18.2. The van der Waals surface area contributed by atoms with E-state index in [1.807, 2.05) is 66.7 Å². The molecule has 0 aromatic heterocycles. The fraction of sp³-hybridized carbons (Fsp3) is 0.463. The summed E-state index contributed by atoms with van der Waals surface area (Å²) in [6, 6.07) is 20.3. The normalized spacial score (nSPS) is 12.7. The number of nitrogens with one attached hydrogen (secondary N) is 4. The molecule has 0 bridgehead atoms. The zero-order valence-electron chi connectivity index (χ0n) is 33.6. The van der Waals surface area contributed by atoms with Crippen LogP contribution in [0, 0.1) is 0 Å². The van der Waals surface area contributed by atoms with Crippen molar-refractivity contribution < 1.29 is 38.2 Å². The van der Waals surface area contributed by atoms with Gasteiger partial charge in [0.25, 0.3) is 0 Å². The van der Waals surface area contributed by atoms with Crippen molar-refractivity contribution in [3.05, 3.63) is 78.4 Å². The van der Waals surface area contributed by atoms with Gasteiger partial charge >= 0.3 is 18.3 Å². The lowest BCUT2D eigenvalue weighted by atomic mass is 10.0. The van der Waals surface area contributed by atoms with Crippen molar-refractivity contribution in [2.75, 3.05) is 18.9 Å². The Morgan fingerprint density at radius 2 is 1.22 bits per heavy atom. The molecule has 0 aliphatic carbocycles. The van der Waals surface area contributed by atoms with Gasteiger partial charge in [-0.15, -0.1) is 0 Å². The smallest absolute Gasteiger partial charge is 0.414 e. The van der Waals surface area contributed by atoms with Gasteiger partial charge in [-0.2, -0.15) is 0 Å². The molecule has 0 saturated heterocycles. The predicted molar refractivity (Wildman–Crippen MR) is 213 cm³/mol. The first-order valence-corrected chi connectivity index (χ1v) is 18.2. The molecule has 14 heteroatoms. The van der Waals surface area contributed by atoms with Gasteiger partial charge in [0, 0.05) is 25.7 Å². The molecule has 3 aromatic rings. The van der Waals surface area contributed by atoms with Crippen LogP contribution in [-0.2, 0) is 30.2 Å². The van der Waals surface area contributed by atoms with Crippen molar-refractivity contribution >= 4 is 52.5 Å². The Bertz CT molecular complexity index is 1790.